The van der Waals surface area contributed by atoms with E-state index in [1.54, 1.807) is 6.07 Å². The molecule has 1 aromatic carbocycles. The second-order valence-corrected chi connectivity index (χ2v) is 9.01. The van der Waals surface area contributed by atoms with Crippen molar-refractivity contribution in [1.29, 1.82) is 0 Å². The number of benzene rings is 1. The van der Waals surface area contributed by atoms with Crippen molar-refractivity contribution in [3.05, 3.63) is 33.8 Å². The molecule has 164 valence electrons. The van der Waals surface area contributed by atoms with Gasteiger partial charge in [0, 0.05) is 5.02 Å². The van der Waals surface area contributed by atoms with Gasteiger partial charge in [0.05, 0.1) is 23.1 Å². The van der Waals surface area contributed by atoms with Gasteiger partial charge in [-0.2, -0.15) is 0 Å². The number of carbonyl (C=O) groups is 3. The van der Waals surface area contributed by atoms with E-state index in [0.717, 1.165) is 0 Å². The standard InChI is InChI=1S/C20H27BCl2N2O5/c1-11(2)7-16-20(28)30-21(29-16)17(8-12(3)4)25-18(26)10-24-19(27)14-9-13(22)5-6-15(14)23/h5-6,9,11-12,16-17H,7-8,10H2,1-4H3,(H,24,27)(H,25,26)/t16-,17-/m0/s1. The lowest BCUT2D eigenvalue weighted by molar-refractivity contribution is -0.136. The zero-order valence-electron chi connectivity index (χ0n) is 17.5. The van der Waals surface area contributed by atoms with Gasteiger partial charge in [-0.1, -0.05) is 50.9 Å². The minimum absolute atomic E-state index is 0.181. The Balaban J connectivity index is 1.96. The van der Waals surface area contributed by atoms with E-state index in [2.05, 4.69) is 10.6 Å². The fraction of sp³-hybridized carbons (Fsp3) is 0.550. The summed E-state index contributed by atoms with van der Waals surface area (Å²) in [6, 6.07) is 4.51. The van der Waals surface area contributed by atoms with Gasteiger partial charge in [0.15, 0.2) is 0 Å². The summed E-state index contributed by atoms with van der Waals surface area (Å²) in [6.07, 6.45) is 0.464. The average Bonchev–Trinajstić information content (AvgIpc) is 3.00. The van der Waals surface area contributed by atoms with Gasteiger partial charge in [-0.3, -0.25) is 14.4 Å². The van der Waals surface area contributed by atoms with Crippen molar-refractivity contribution in [2.45, 2.75) is 52.6 Å². The molecule has 0 saturated carbocycles. The normalized spacial score (nSPS) is 17.3. The molecule has 0 aliphatic carbocycles. The molecular formula is C20H27BCl2N2O5. The summed E-state index contributed by atoms with van der Waals surface area (Å²) in [5.74, 6) is -1.39. The maximum absolute atomic E-state index is 12.4. The Morgan fingerprint density at radius 3 is 2.50 bits per heavy atom. The lowest BCUT2D eigenvalue weighted by atomic mass is 9.74. The molecule has 10 heteroatoms. The number of hydrogen-bond donors (Lipinski definition) is 2. The molecule has 7 nitrogen and oxygen atoms in total. The molecule has 1 aliphatic rings. The topological polar surface area (TPSA) is 93.7 Å². The molecule has 1 aromatic rings. The van der Waals surface area contributed by atoms with Crippen molar-refractivity contribution in [3.63, 3.8) is 0 Å². The predicted octanol–water partition coefficient (Wildman–Crippen LogP) is 3.27. The van der Waals surface area contributed by atoms with E-state index in [0.29, 0.717) is 17.9 Å². The SMILES string of the molecule is CC(C)C[C@H](NC(=O)CNC(=O)c1cc(Cl)ccc1Cl)B1OC(=O)[C@H](CC(C)C)O1. The van der Waals surface area contributed by atoms with Crippen molar-refractivity contribution in [3.8, 4) is 0 Å². The Hall–Kier alpha value is -1.77. The van der Waals surface area contributed by atoms with Gasteiger partial charge in [0.1, 0.15) is 6.10 Å². The van der Waals surface area contributed by atoms with E-state index in [1.807, 2.05) is 27.7 Å². The Labute approximate surface area is 187 Å². The number of nitrogens with one attached hydrogen (secondary N) is 2. The maximum Gasteiger partial charge on any atom is 0.552 e. The third-order valence-corrected chi connectivity index (χ3v) is 5.03. The van der Waals surface area contributed by atoms with Gasteiger partial charge in [0.25, 0.3) is 5.91 Å². The molecule has 0 aromatic heterocycles. The Kier molecular flexibility index (Phi) is 9.00. The first kappa shape index (κ1) is 24.5. The summed E-state index contributed by atoms with van der Waals surface area (Å²) in [6.45, 7) is 7.69. The lowest BCUT2D eigenvalue weighted by Crippen LogP contribution is -2.50. The van der Waals surface area contributed by atoms with Crippen LogP contribution in [0.3, 0.4) is 0 Å². The van der Waals surface area contributed by atoms with E-state index in [1.165, 1.54) is 12.1 Å². The summed E-state index contributed by atoms with van der Waals surface area (Å²) >= 11 is 11.9. The second-order valence-electron chi connectivity index (χ2n) is 8.17. The molecule has 0 bridgehead atoms. The highest BCUT2D eigenvalue weighted by molar-refractivity contribution is 6.51. The van der Waals surface area contributed by atoms with Crippen LogP contribution in [0.2, 0.25) is 10.0 Å². The second kappa shape index (κ2) is 11.0. The number of rotatable bonds is 9. The van der Waals surface area contributed by atoms with Crippen molar-refractivity contribution in [2.24, 2.45) is 11.8 Å². The van der Waals surface area contributed by atoms with E-state index in [9.17, 15) is 14.4 Å². The lowest BCUT2D eigenvalue weighted by Gasteiger charge is -2.21. The van der Waals surface area contributed by atoms with E-state index in [-0.39, 0.29) is 29.0 Å². The van der Waals surface area contributed by atoms with Crippen molar-refractivity contribution in [1.82, 2.24) is 10.6 Å². The van der Waals surface area contributed by atoms with Crippen LogP contribution in [0.15, 0.2) is 18.2 Å². The third kappa shape index (κ3) is 7.18. The molecular weight excluding hydrogens is 430 g/mol. The maximum atomic E-state index is 12.4. The summed E-state index contributed by atoms with van der Waals surface area (Å²) in [5.41, 5.74) is 0.181. The van der Waals surface area contributed by atoms with Crippen molar-refractivity contribution < 1.29 is 23.7 Å². The smallest absolute Gasteiger partial charge is 0.506 e. The zero-order chi connectivity index (χ0) is 22.4. The molecule has 0 spiro atoms. The van der Waals surface area contributed by atoms with Crippen LogP contribution < -0.4 is 10.6 Å². The molecule has 0 unspecified atom stereocenters. The molecule has 30 heavy (non-hydrogen) atoms. The fourth-order valence-electron chi connectivity index (χ4n) is 3.12. The molecule has 2 rings (SSSR count). The first-order chi connectivity index (χ1) is 14.1. The van der Waals surface area contributed by atoms with Crippen LogP contribution in [-0.4, -0.2) is 43.5 Å². The van der Waals surface area contributed by atoms with Gasteiger partial charge in [-0.25, -0.2) is 0 Å². The molecule has 1 aliphatic heterocycles. The minimum atomic E-state index is -0.856. The quantitative estimate of drug-likeness (QED) is 0.556. The van der Waals surface area contributed by atoms with Gasteiger partial charge in [-0.15, -0.1) is 0 Å². The van der Waals surface area contributed by atoms with E-state index >= 15 is 0 Å². The first-order valence-electron chi connectivity index (χ1n) is 9.95. The predicted molar refractivity (Wildman–Crippen MR) is 116 cm³/mol. The van der Waals surface area contributed by atoms with Crippen molar-refractivity contribution in [2.75, 3.05) is 6.54 Å². The summed E-state index contributed by atoms with van der Waals surface area (Å²) in [4.78, 5) is 36.8. The molecule has 1 saturated heterocycles. The van der Waals surface area contributed by atoms with Crippen LogP contribution in [0.25, 0.3) is 0 Å². The van der Waals surface area contributed by atoms with Crippen LogP contribution in [0, 0.1) is 11.8 Å². The van der Waals surface area contributed by atoms with Gasteiger partial charge in [-0.05, 0) is 42.9 Å². The average molecular weight is 457 g/mol. The fourth-order valence-corrected chi connectivity index (χ4v) is 3.50. The highest BCUT2D eigenvalue weighted by Crippen LogP contribution is 2.22. The van der Waals surface area contributed by atoms with Crippen LogP contribution in [-0.2, 0) is 18.9 Å². The van der Waals surface area contributed by atoms with E-state index < -0.39 is 36.9 Å². The third-order valence-electron chi connectivity index (χ3n) is 4.46. The molecule has 2 atom stereocenters. The monoisotopic (exact) mass is 456 g/mol. The zero-order valence-corrected chi connectivity index (χ0v) is 19.0. The summed E-state index contributed by atoms with van der Waals surface area (Å²) in [7, 11) is -0.856. The highest BCUT2D eigenvalue weighted by atomic mass is 35.5. The van der Waals surface area contributed by atoms with Crippen LogP contribution >= 0.6 is 23.2 Å². The number of halogens is 2. The van der Waals surface area contributed by atoms with Gasteiger partial charge >= 0.3 is 13.1 Å². The van der Waals surface area contributed by atoms with Gasteiger partial charge < -0.3 is 19.9 Å². The minimum Gasteiger partial charge on any atom is -0.506 e. The van der Waals surface area contributed by atoms with Crippen molar-refractivity contribution >= 4 is 48.1 Å². The Morgan fingerprint density at radius 1 is 1.17 bits per heavy atom. The molecule has 1 heterocycles. The van der Waals surface area contributed by atoms with E-state index in [4.69, 9.17) is 32.5 Å². The Bertz CT molecular complexity index is 790. The highest BCUT2D eigenvalue weighted by Gasteiger charge is 2.46. The molecule has 1 fully saturated rings. The molecule has 2 amide bonds. The van der Waals surface area contributed by atoms with Gasteiger partial charge in [0.2, 0.25) is 5.91 Å². The first-order valence-corrected chi connectivity index (χ1v) is 10.7. The van der Waals surface area contributed by atoms with Crippen LogP contribution in [0.5, 0.6) is 0 Å². The number of carbonyl (C=O) groups excluding carboxylic acids is 3. The molecule has 0 radical (unpaired) electrons. The van der Waals surface area contributed by atoms with Crippen LogP contribution in [0.1, 0.15) is 50.9 Å². The summed E-state index contributed by atoms with van der Waals surface area (Å²) in [5, 5.41) is 5.92. The Morgan fingerprint density at radius 2 is 1.87 bits per heavy atom. The van der Waals surface area contributed by atoms with Crippen LogP contribution in [0.4, 0.5) is 0 Å². The largest absolute Gasteiger partial charge is 0.552 e. The molecule has 2 N–H and O–H groups in total. The number of amides is 2. The summed E-state index contributed by atoms with van der Waals surface area (Å²) < 4.78 is 11.1. The number of hydrogen-bond acceptors (Lipinski definition) is 5.